The first-order chi connectivity index (χ1) is 13.2. The summed E-state index contributed by atoms with van der Waals surface area (Å²) in [6.07, 6.45) is 6.02. The normalized spacial score (nSPS) is 15.6. The van der Waals surface area contributed by atoms with E-state index < -0.39 is 0 Å². The molecule has 144 valence electrons. The zero-order valence-corrected chi connectivity index (χ0v) is 16.9. The topological polar surface area (TPSA) is 45.2 Å². The van der Waals surface area contributed by atoms with Crippen LogP contribution in [0.4, 0.5) is 0 Å². The van der Waals surface area contributed by atoms with Gasteiger partial charge >= 0.3 is 0 Å². The van der Waals surface area contributed by atoms with Gasteiger partial charge in [-0.3, -0.25) is 14.7 Å². The molecule has 1 aromatic heterocycles. The molecule has 0 bridgehead atoms. The van der Waals surface area contributed by atoms with Gasteiger partial charge in [-0.05, 0) is 62.0 Å². The van der Waals surface area contributed by atoms with E-state index in [4.69, 9.17) is 0 Å². The number of hydrogen-bond donors (Lipinski definition) is 1. The molecule has 0 spiro atoms. The molecule has 0 atom stereocenters. The van der Waals surface area contributed by atoms with Crippen molar-refractivity contribution in [3.05, 3.63) is 65.5 Å². The highest BCUT2D eigenvalue weighted by Crippen LogP contribution is 2.18. The molecular weight excluding hydrogens is 354 g/mol. The lowest BCUT2D eigenvalue weighted by atomic mass is 9.96. The highest BCUT2D eigenvalue weighted by atomic mass is 32.2. The SMILES string of the molecule is Cc1cccc(CSCC(=O)NCC2CCN(Cc3ccncc3)CC2)c1. The monoisotopic (exact) mass is 383 g/mol. The minimum absolute atomic E-state index is 0.159. The quantitative estimate of drug-likeness (QED) is 0.756. The van der Waals surface area contributed by atoms with E-state index in [0.717, 1.165) is 44.8 Å². The number of nitrogens with one attached hydrogen (secondary N) is 1. The van der Waals surface area contributed by atoms with Crippen LogP contribution in [0.5, 0.6) is 0 Å². The fraction of sp³-hybridized carbons (Fsp3) is 0.455. The number of pyridine rings is 1. The maximum absolute atomic E-state index is 12.1. The summed E-state index contributed by atoms with van der Waals surface area (Å²) in [5.74, 6) is 2.19. The summed E-state index contributed by atoms with van der Waals surface area (Å²) in [7, 11) is 0. The van der Waals surface area contributed by atoms with Gasteiger partial charge in [0, 0.05) is 31.2 Å². The molecule has 1 aromatic carbocycles. The average Bonchev–Trinajstić information content (AvgIpc) is 2.68. The number of thioether (sulfide) groups is 1. The number of benzene rings is 1. The van der Waals surface area contributed by atoms with Crippen LogP contribution in [-0.4, -0.2) is 41.2 Å². The van der Waals surface area contributed by atoms with E-state index in [-0.39, 0.29) is 5.91 Å². The average molecular weight is 384 g/mol. The van der Waals surface area contributed by atoms with Crippen LogP contribution in [0.25, 0.3) is 0 Å². The summed E-state index contributed by atoms with van der Waals surface area (Å²) in [5.41, 5.74) is 3.88. The van der Waals surface area contributed by atoms with E-state index in [9.17, 15) is 4.79 Å². The largest absolute Gasteiger partial charge is 0.355 e. The van der Waals surface area contributed by atoms with Crippen molar-refractivity contribution in [2.24, 2.45) is 5.92 Å². The van der Waals surface area contributed by atoms with Gasteiger partial charge in [0.15, 0.2) is 0 Å². The van der Waals surface area contributed by atoms with Gasteiger partial charge in [-0.1, -0.05) is 29.8 Å². The summed E-state index contributed by atoms with van der Waals surface area (Å²) >= 11 is 1.69. The molecule has 5 heteroatoms. The van der Waals surface area contributed by atoms with E-state index in [1.54, 1.807) is 11.8 Å². The van der Waals surface area contributed by atoms with Crippen LogP contribution in [0.15, 0.2) is 48.8 Å². The van der Waals surface area contributed by atoms with E-state index in [0.29, 0.717) is 11.7 Å². The summed E-state index contributed by atoms with van der Waals surface area (Å²) in [6, 6.07) is 12.7. The Kier molecular flexibility index (Phi) is 7.72. The van der Waals surface area contributed by atoms with E-state index in [1.807, 2.05) is 12.4 Å². The smallest absolute Gasteiger partial charge is 0.230 e. The number of piperidine rings is 1. The molecular formula is C22H29N3OS. The van der Waals surface area contributed by atoms with E-state index >= 15 is 0 Å². The van der Waals surface area contributed by atoms with Crippen LogP contribution in [0, 0.1) is 12.8 Å². The molecule has 1 saturated heterocycles. The molecule has 1 amide bonds. The van der Waals surface area contributed by atoms with Crippen LogP contribution in [0.2, 0.25) is 0 Å². The second-order valence-electron chi connectivity index (χ2n) is 7.36. The molecule has 4 nitrogen and oxygen atoms in total. The zero-order valence-electron chi connectivity index (χ0n) is 16.1. The van der Waals surface area contributed by atoms with E-state index in [1.165, 1.54) is 16.7 Å². The van der Waals surface area contributed by atoms with Gasteiger partial charge in [0.05, 0.1) is 5.75 Å². The van der Waals surface area contributed by atoms with Crippen molar-refractivity contribution < 1.29 is 4.79 Å². The Bertz CT molecular complexity index is 715. The number of carbonyl (C=O) groups is 1. The molecule has 1 aliphatic rings. The number of carbonyl (C=O) groups excluding carboxylic acids is 1. The molecule has 1 N–H and O–H groups in total. The lowest BCUT2D eigenvalue weighted by Crippen LogP contribution is -2.38. The Morgan fingerprint density at radius 3 is 2.70 bits per heavy atom. The van der Waals surface area contributed by atoms with Gasteiger partial charge in [0.2, 0.25) is 5.91 Å². The molecule has 3 rings (SSSR count). The molecule has 2 heterocycles. The third kappa shape index (κ3) is 7.00. The number of hydrogen-bond acceptors (Lipinski definition) is 4. The Morgan fingerprint density at radius 2 is 1.96 bits per heavy atom. The molecule has 1 aliphatic heterocycles. The standard InChI is InChI=1S/C22H29N3OS/c1-18-3-2-4-21(13-18)16-27-17-22(26)24-14-19-7-11-25(12-8-19)15-20-5-9-23-10-6-20/h2-6,9-10,13,19H,7-8,11-12,14-17H2,1H3,(H,24,26). The first kappa shape index (κ1) is 19.9. The van der Waals surface area contributed by atoms with Gasteiger partial charge in [-0.15, -0.1) is 11.8 Å². The maximum atomic E-state index is 12.1. The van der Waals surface area contributed by atoms with Crippen molar-refractivity contribution >= 4 is 17.7 Å². The second-order valence-corrected chi connectivity index (χ2v) is 8.35. The van der Waals surface area contributed by atoms with Crippen molar-refractivity contribution in [2.45, 2.75) is 32.1 Å². The molecule has 27 heavy (non-hydrogen) atoms. The highest BCUT2D eigenvalue weighted by molar-refractivity contribution is 7.99. The number of rotatable bonds is 8. The number of likely N-dealkylation sites (tertiary alicyclic amines) is 1. The molecule has 0 unspecified atom stereocenters. The minimum atomic E-state index is 0.159. The third-order valence-electron chi connectivity index (χ3n) is 5.03. The predicted octanol–water partition coefficient (Wildman–Crippen LogP) is 3.65. The van der Waals surface area contributed by atoms with Crippen LogP contribution in [0.3, 0.4) is 0 Å². The minimum Gasteiger partial charge on any atom is -0.355 e. The third-order valence-corrected chi connectivity index (χ3v) is 6.04. The van der Waals surface area contributed by atoms with Gasteiger partial charge in [0.25, 0.3) is 0 Å². The van der Waals surface area contributed by atoms with Crippen molar-refractivity contribution in [2.75, 3.05) is 25.4 Å². The fourth-order valence-corrected chi connectivity index (χ4v) is 4.27. The highest BCUT2D eigenvalue weighted by Gasteiger charge is 2.19. The first-order valence-corrected chi connectivity index (χ1v) is 10.9. The Hall–Kier alpha value is -1.85. The van der Waals surface area contributed by atoms with Crippen molar-refractivity contribution in [1.29, 1.82) is 0 Å². The maximum Gasteiger partial charge on any atom is 0.230 e. The van der Waals surface area contributed by atoms with Crippen molar-refractivity contribution in [3.63, 3.8) is 0 Å². The molecule has 0 radical (unpaired) electrons. The van der Waals surface area contributed by atoms with Crippen LogP contribution < -0.4 is 5.32 Å². The molecule has 0 saturated carbocycles. The van der Waals surface area contributed by atoms with Gasteiger partial charge in [-0.25, -0.2) is 0 Å². The van der Waals surface area contributed by atoms with Crippen molar-refractivity contribution in [1.82, 2.24) is 15.2 Å². The lowest BCUT2D eigenvalue weighted by molar-refractivity contribution is -0.118. The number of amides is 1. The Morgan fingerprint density at radius 1 is 1.19 bits per heavy atom. The van der Waals surface area contributed by atoms with Gasteiger partial charge in [-0.2, -0.15) is 0 Å². The summed E-state index contributed by atoms with van der Waals surface area (Å²) < 4.78 is 0. The lowest BCUT2D eigenvalue weighted by Gasteiger charge is -2.32. The van der Waals surface area contributed by atoms with Gasteiger partial charge < -0.3 is 5.32 Å². The fourth-order valence-electron chi connectivity index (χ4n) is 3.47. The second kappa shape index (κ2) is 10.5. The zero-order chi connectivity index (χ0) is 18.9. The summed E-state index contributed by atoms with van der Waals surface area (Å²) in [5, 5.41) is 3.13. The van der Waals surface area contributed by atoms with E-state index in [2.05, 4.69) is 58.5 Å². The van der Waals surface area contributed by atoms with Crippen LogP contribution in [0.1, 0.15) is 29.5 Å². The Labute approximate surface area is 166 Å². The van der Waals surface area contributed by atoms with Crippen LogP contribution in [-0.2, 0) is 17.1 Å². The number of aryl methyl sites for hydroxylation is 1. The van der Waals surface area contributed by atoms with Crippen LogP contribution >= 0.6 is 11.8 Å². The molecule has 1 fully saturated rings. The first-order valence-electron chi connectivity index (χ1n) is 9.70. The van der Waals surface area contributed by atoms with Crippen molar-refractivity contribution in [3.8, 4) is 0 Å². The molecule has 2 aromatic rings. The summed E-state index contributed by atoms with van der Waals surface area (Å²) in [4.78, 5) is 18.7. The Balaban J connectivity index is 1.28. The number of aromatic nitrogens is 1. The predicted molar refractivity (Wildman–Crippen MR) is 113 cm³/mol. The molecule has 0 aliphatic carbocycles. The number of nitrogens with zero attached hydrogens (tertiary/aromatic N) is 2. The summed E-state index contributed by atoms with van der Waals surface area (Å²) in [6.45, 7) is 6.11. The van der Waals surface area contributed by atoms with Gasteiger partial charge in [0.1, 0.15) is 0 Å².